The topological polar surface area (TPSA) is 88.7 Å². The zero-order chi connectivity index (χ0) is 19.6. The molecule has 1 atom stereocenters. The smallest absolute Gasteiger partial charge is 0.248 e. The number of carbonyl (C=O) groups excluding carboxylic acids is 1. The first-order valence-electron chi connectivity index (χ1n) is 9.12. The molecule has 0 spiro atoms. The van der Waals surface area contributed by atoms with Crippen molar-refractivity contribution in [1.82, 2.24) is 10.6 Å². The molecule has 4 N–H and O–H groups in total. The Morgan fingerprint density at radius 1 is 1.18 bits per heavy atom. The predicted octanol–water partition coefficient (Wildman–Crippen LogP) is 3.23. The number of carbonyl (C=O) groups is 1. The number of aliphatic imine (C=N–C) groups is 1. The molecule has 0 fully saturated rings. The first-order valence-corrected chi connectivity index (χ1v) is 9.12. The van der Waals surface area contributed by atoms with Crippen LogP contribution in [0.3, 0.4) is 0 Å². The lowest BCUT2D eigenvalue weighted by atomic mass is 10.1. The van der Waals surface area contributed by atoms with E-state index in [1.54, 1.807) is 12.1 Å². The van der Waals surface area contributed by atoms with Gasteiger partial charge < -0.3 is 21.1 Å². The highest BCUT2D eigenvalue weighted by Gasteiger charge is 2.06. The number of benzene rings is 2. The van der Waals surface area contributed by atoms with E-state index in [2.05, 4.69) is 15.6 Å². The minimum absolute atomic E-state index is 0. The van der Waals surface area contributed by atoms with Crippen LogP contribution >= 0.6 is 24.0 Å². The number of guanidine groups is 1. The molecule has 0 bridgehead atoms. The minimum Gasteiger partial charge on any atom is -0.489 e. The highest BCUT2D eigenvalue weighted by molar-refractivity contribution is 14.0. The van der Waals surface area contributed by atoms with Crippen LogP contribution in [0.15, 0.2) is 53.5 Å². The molecule has 28 heavy (non-hydrogen) atoms. The molecule has 0 aromatic heterocycles. The molecule has 6 nitrogen and oxygen atoms in total. The molecule has 0 saturated carbocycles. The summed E-state index contributed by atoms with van der Waals surface area (Å²) in [6.07, 6.45) is -0.00879. The van der Waals surface area contributed by atoms with Crippen molar-refractivity contribution in [2.24, 2.45) is 10.7 Å². The molecule has 0 aliphatic carbocycles. The van der Waals surface area contributed by atoms with Gasteiger partial charge in [0.25, 0.3) is 0 Å². The lowest BCUT2D eigenvalue weighted by molar-refractivity contribution is 0.100. The average Bonchev–Trinajstić information content (AvgIpc) is 2.64. The van der Waals surface area contributed by atoms with Crippen molar-refractivity contribution in [3.8, 4) is 5.75 Å². The third-order valence-electron chi connectivity index (χ3n) is 3.89. The second kappa shape index (κ2) is 12.2. The molecular weight excluding hydrogens is 467 g/mol. The molecule has 1 unspecified atom stereocenters. The largest absolute Gasteiger partial charge is 0.489 e. The Morgan fingerprint density at radius 2 is 1.89 bits per heavy atom. The van der Waals surface area contributed by atoms with Gasteiger partial charge in [-0.2, -0.15) is 0 Å². The Bertz CT molecular complexity index is 778. The van der Waals surface area contributed by atoms with Crippen molar-refractivity contribution in [3.05, 3.63) is 65.2 Å². The zero-order valence-electron chi connectivity index (χ0n) is 16.6. The lowest BCUT2D eigenvalue weighted by Crippen LogP contribution is -2.41. The van der Waals surface area contributed by atoms with Crippen LogP contribution in [0.5, 0.6) is 5.75 Å². The third-order valence-corrected chi connectivity index (χ3v) is 3.89. The van der Waals surface area contributed by atoms with Crippen LogP contribution in [-0.2, 0) is 6.54 Å². The van der Waals surface area contributed by atoms with E-state index in [1.165, 1.54) is 5.56 Å². The summed E-state index contributed by atoms with van der Waals surface area (Å²) in [6, 6.07) is 15.1. The predicted molar refractivity (Wildman–Crippen MR) is 124 cm³/mol. The van der Waals surface area contributed by atoms with Crippen molar-refractivity contribution in [2.45, 2.75) is 33.4 Å². The summed E-state index contributed by atoms with van der Waals surface area (Å²) < 4.78 is 5.93. The maximum Gasteiger partial charge on any atom is 0.248 e. The van der Waals surface area contributed by atoms with Gasteiger partial charge in [-0.25, -0.2) is 4.99 Å². The van der Waals surface area contributed by atoms with Gasteiger partial charge in [0.1, 0.15) is 11.9 Å². The fourth-order valence-corrected chi connectivity index (χ4v) is 2.49. The fraction of sp³-hybridized carbons (Fsp3) is 0.333. The number of nitrogens with two attached hydrogens (primary N) is 1. The second-order valence-electron chi connectivity index (χ2n) is 6.38. The summed E-state index contributed by atoms with van der Waals surface area (Å²) in [5, 5.41) is 6.51. The Hall–Kier alpha value is -2.29. The Morgan fingerprint density at radius 3 is 2.50 bits per heavy atom. The van der Waals surface area contributed by atoms with E-state index in [0.29, 0.717) is 18.7 Å². The van der Waals surface area contributed by atoms with Gasteiger partial charge in [-0.3, -0.25) is 4.79 Å². The van der Waals surface area contributed by atoms with Crippen molar-refractivity contribution in [1.29, 1.82) is 0 Å². The van der Waals surface area contributed by atoms with Gasteiger partial charge in [0.15, 0.2) is 5.96 Å². The van der Waals surface area contributed by atoms with Crippen LogP contribution in [0.1, 0.15) is 35.3 Å². The zero-order valence-corrected chi connectivity index (χ0v) is 18.9. The number of primary amides is 1. The Labute approximate surface area is 184 Å². The van der Waals surface area contributed by atoms with E-state index in [0.717, 1.165) is 23.8 Å². The first-order chi connectivity index (χ1) is 13.0. The number of hydrogen-bond donors (Lipinski definition) is 3. The van der Waals surface area contributed by atoms with Gasteiger partial charge >= 0.3 is 0 Å². The summed E-state index contributed by atoms with van der Waals surface area (Å²) in [7, 11) is 0. The molecule has 7 heteroatoms. The average molecular weight is 496 g/mol. The summed E-state index contributed by atoms with van der Waals surface area (Å²) in [4.78, 5) is 15.7. The lowest BCUT2D eigenvalue weighted by Gasteiger charge is -2.18. The summed E-state index contributed by atoms with van der Waals surface area (Å²) in [5.41, 5.74) is 7.93. The molecule has 2 aromatic rings. The molecule has 0 radical (unpaired) electrons. The van der Waals surface area contributed by atoms with Crippen molar-refractivity contribution < 1.29 is 9.53 Å². The molecule has 2 rings (SSSR count). The number of nitrogens with one attached hydrogen (secondary N) is 2. The van der Waals surface area contributed by atoms with Crippen LogP contribution in [0.25, 0.3) is 0 Å². The second-order valence-corrected chi connectivity index (χ2v) is 6.38. The van der Waals surface area contributed by atoms with Crippen LogP contribution in [0.2, 0.25) is 0 Å². The van der Waals surface area contributed by atoms with Gasteiger partial charge in [-0.1, -0.05) is 24.3 Å². The number of halogens is 1. The van der Waals surface area contributed by atoms with Crippen LogP contribution in [-0.4, -0.2) is 31.1 Å². The molecule has 2 aromatic carbocycles. The maximum atomic E-state index is 11.1. The molecule has 0 saturated heterocycles. The number of nitrogens with zero attached hydrogens (tertiary/aromatic N) is 1. The van der Waals surface area contributed by atoms with E-state index in [9.17, 15) is 4.79 Å². The van der Waals surface area contributed by atoms with Crippen LogP contribution < -0.4 is 21.1 Å². The number of aryl methyl sites for hydroxylation is 1. The van der Waals surface area contributed by atoms with Gasteiger partial charge in [0.2, 0.25) is 5.91 Å². The molecule has 0 aliphatic rings. The van der Waals surface area contributed by atoms with Crippen LogP contribution in [0.4, 0.5) is 0 Å². The van der Waals surface area contributed by atoms with Crippen molar-refractivity contribution >= 4 is 35.8 Å². The first kappa shape index (κ1) is 23.7. The maximum absolute atomic E-state index is 11.1. The normalized spacial score (nSPS) is 11.9. The fourth-order valence-electron chi connectivity index (χ4n) is 2.49. The highest BCUT2D eigenvalue weighted by atomic mass is 127. The van der Waals surface area contributed by atoms with E-state index in [-0.39, 0.29) is 30.1 Å². The van der Waals surface area contributed by atoms with Gasteiger partial charge in [0.05, 0.1) is 13.1 Å². The van der Waals surface area contributed by atoms with Crippen molar-refractivity contribution in [2.75, 3.05) is 13.1 Å². The number of ether oxygens (including phenoxy) is 1. The quantitative estimate of drug-likeness (QED) is 0.298. The Balaban J connectivity index is 0.00000392. The minimum atomic E-state index is -0.428. The molecule has 152 valence electrons. The SMILES string of the molecule is CCNC(=NCc1ccc(C(N)=O)cc1)NCC(C)Oc1cccc(C)c1.I. The van der Waals surface area contributed by atoms with Crippen molar-refractivity contribution in [3.63, 3.8) is 0 Å². The van der Waals surface area contributed by atoms with Gasteiger partial charge in [-0.05, 0) is 56.2 Å². The molecule has 0 aliphatic heterocycles. The molecule has 0 heterocycles. The van der Waals surface area contributed by atoms with Crippen LogP contribution in [0, 0.1) is 6.92 Å². The van der Waals surface area contributed by atoms with E-state index < -0.39 is 5.91 Å². The number of rotatable bonds is 8. The Kier molecular flexibility index (Phi) is 10.4. The van der Waals surface area contributed by atoms with E-state index in [4.69, 9.17) is 10.5 Å². The van der Waals surface area contributed by atoms with Gasteiger partial charge in [0, 0.05) is 12.1 Å². The number of amides is 1. The summed E-state index contributed by atoms with van der Waals surface area (Å²) in [5.74, 6) is 1.15. The molecular formula is C21H29IN4O2. The summed E-state index contributed by atoms with van der Waals surface area (Å²) >= 11 is 0. The third kappa shape index (κ3) is 8.16. The van der Waals surface area contributed by atoms with Gasteiger partial charge in [-0.15, -0.1) is 24.0 Å². The number of hydrogen-bond acceptors (Lipinski definition) is 3. The van der Waals surface area contributed by atoms with E-state index >= 15 is 0 Å². The summed E-state index contributed by atoms with van der Waals surface area (Å²) in [6.45, 7) is 7.97. The van der Waals surface area contributed by atoms with E-state index in [1.807, 2.05) is 57.2 Å². The molecule has 1 amide bonds. The monoisotopic (exact) mass is 496 g/mol. The highest BCUT2D eigenvalue weighted by Crippen LogP contribution is 2.13. The standard InChI is InChI=1S/C21H28N4O2.HI/c1-4-23-21(25-14-17-8-10-18(11-9-17)20(22)26)24-13-16(3)27-19-7-5-6-15(2)12-19;/h5-12,16H,4,13-14H2,1-3H3,(H2,22,26)(H2,23,24,25);1H.